The molecule has 2 fully saturated rings. The van der Waals surface area contributed by atoms with Crippen molar-refractivity contribution in [1.29, 1.82) is 0 Å². The van der Waals surface area contributed by atoms with Crippen molar-refractivity contribution in [3.05, 3.63) is 58.4 Å². The van der Waals surface area contributed by atoms with Gasteiger partial charge in [0.25, 0.3) is 5.91 Å². The highest BCUT2D eigenvalue weighted by Gasteiger charge is 2.56. The molecule has 1 N–H and O–H groups in total. The second-order valence-corrected chi connectivity index (χ2v) is 11.3. The van der Waals surface area contributed by atoms with Gasteiger partial charge < -0.3 is 10.0 Å². The maximum absolute atomic E-state index is 12.8. The molecule has 2 aliphatic heterocycles. The molecule has 5 aliphatic rings. The summed E-state index contributed by atoms with van der Waals surface area (Å²) in [6.45, 7) is 14.4. The minimum atomic E-state index is -0.374. The van der Waals surface area contributed by atoms with E-state index >= 15 is 0 Å². The second kappa shape index (κ2) is 6.82. The first kappa shape index (κ1) is 21.5. The first-order valence-electron chi connectivity index (χ1n) is 12.0. The minimum absolute atomic E-state index is 0.0253. The first-order valence-corrected chi connectivity index (χ1v) is 12.0. The number of aliphatic hydroxyl groups excluding tert-OH is 1. The highest BCUT2D eigenvalue weighted by molar-refractivity contribution is 6.27. The number of hydrogen-bond acceptors (Lipinski definition) is 3. The highest BCUT2D eigenvalue weighted by Crippen LogP contribution is 2.64. The summed E-state index contributed by atoms with van der Waals surface area (Å²) in [4.78, 5) is 27.2. The SMILES string of the molecule is CC1=C[C@]2(C)[C@@H]3C(C)=C[C@@](C)(/C=C(/C)[C@@H]2C)[C@H](/C=C/C(O)=C2/C(=O)C4CCCN4C2=O)[C@@H]13. The zero-order valence-electron chi connectivity index (χ0n) is 20.1. The Morgan fingerprint density at radius 2 is 1.78 bits per heavy atom. The Balaban J connectivity index is 1.59. The van der Waals surface area contributed by atoms with Crippen molar-refractivity contribution >= 4 is 11.7 Å². The smallest absolute Gasteiger partial charge is 0.261 e. The van der Waals surface area contributed by atoms with Crippen molar-refractivity contribution in [1.82, 2.24) is 4.90 Å². The third-order valence-corrected chi connectivity index (χ3v) is 9.38. The van der Waals surface area contributed by atoms with Gasteiger partial charge in [-0.25, -0.2) is 0 Å². The molecule has 2 heterocycles. The number of ketones is 1. The quantitative estimate of drug-likeness (QED) is 0.278. The Morgan fingerprint density at radius 3 is 2.47 bits per heavy atom. The molecule has 2 bridgehead atoms. The molecule has 0 spiro atoms. The van der Waals surface area contributed by atoms with Crippen LogP contribution in [0.25, 0.3) is 0 Å². The molecule has 0 saturated carbocycles. The summed E-state index contributed by atoms with van der Waals surface area (Å²) in [5, 5.41) is 10.9. The van der Waals surface area contributed by atoms with Gasteiger partial charge in [0, 0.05) is 12.0 Å². The lowest BCUT2D eigenvalue weighted by molar-refractivity contribution is -0.125. The van der Waals surface area contributed by atoms with Crippen molar-refractivity contribution in [2.75, 3.05) is 6.54 Å². The van der Waals surface area contributed by atoms with Gasteiger partial charge in [-0.1, -0.05) is 61.8 Å². The molecule has 32 heavy (non-hydrogen) atoms. The molecule has 2 saturated heterocycles. The van der Waals surface area contributed by atoms with Gasteiger partial charge in [-0.05, 0) is 68.8 Å². The Bertz CT molecular complexity index is 1050. The number of fused-ring (bicyclic) bond motifs is 2. The molecule has 0 aromatic heterocycles. The van der Waals surface area contributed by atoms with Crippen molar-refractivity contribution in [2.45, 2.75) is 60.4 Å². The second-order valence-electron chi connectivity index (χ2n) is 11.3. The maximum atomic E-state index is 12.8. The van der Waals surface area contributed by atoms with Crippen molar-refractivity contribution in [3.8, 4) is 0 Å². The van der Waals surface area contributed by atoms with Crippen LogP contribution in [0.4, 0.5) is 0 Å². The van der Waals surface area contributed by atoms with E-state index in [1.54, 1.807) is 11.0 Å². The number of carbonyl (C=O) groups excluding carboxylic acids is 2. The van der Waals surface area contributed by atoms with Crippen LogP contribution in [-0.4, -0.2) is 34.3 Å². The zero-order valence-corrected chi connectivity index (χ0v) is 20.1. The Hall–Kier alpha value is -2.36. The Labute approximate surface area is 191 Å². The average Bonchev–Trinajstić information content (AvgIpc) is 3.35. The summed E-state index contributed by atoms with van der Waals surface area (Å²) >= 11 is 0. The minimum Gasteiger partial charge on any atom is -0.507 e. The molecule has 1 unspecified atom stereocenters. The van der Waals surface area contributed by atoms with E-state index in [4.69, 9.17) is 0 Å². The lowest BCUT2D eigenvalue weighted by Gasteiger charge is -2.52. The van der Waals surface area contributed by atoms with E-state index in [1.807, 2.05) is 0 Å². The number of aliphatic hydroxyl groups is 1. The van der Waals surface area contributed by atoms with Gasteiger partial charge in [-0.2, -0.15) is 0 Å². The predicted molar refractivity (Wildman–Crippen MR) is 126 cm³/mol. The van der Waals surface area contributed by atoms with Crippen LogP contribution in [0.5, 0.6) is 0 Å². The molecule has 0 aromatic rings. The molecule has 4 heteroatoms. The van der Waals surface area contributed by atoms with Gasteiger partial charge >= 0.3 is 0 Å². The molecule has 170 valence electrons. The summed E-state index contributed by atoms with van der Waals surface area (Å²) in [7, 11) is 0. The normalized spacial score (nSPS) is 46.1. The van der Waals surface area contributed by atoms with Crippen LogP contribution in [0.3, 0.4) is 0 Å². The van der Waals surface area contributed by atoms with Gasteiger partial charge in [0.2, 0.25) is 0 Å². The molecule has 0 radical (unpaired) electrons. The van der Waals surface area contributed by atoms with E-state index in [0.29, 0.717) is 30.7 Å². The van der Waals surface area contributed by atoms with E-state index in [2.05, 4.69) is 65.8 Å². The van der Waals surface area contributed by atoms with E-state index < -0.39 is 0 Å². The Morgan fingerprint density at radius 1 is 1.09 bits per heavy atom. The van der Waals surface area contributed by atoms with Gasteiger partial charge in [0.15, 0.2) is 5.78 Å². The third-order valence-electron chi connectivity index (χ3n) is 9.38. The topological polar surface area (TPSA) is 57.6 Å². The molecular weight excluding hydrogens is 398 g/mol. The summed E-state index contributed by atoms with van der Waals surface area (Å²) in [5.74, 6) is 0.657. The number of carbonyl (C=O) groups is 2. The van der Waals surface area contributed by atoms with Gasteiger partial charge in [0.1, 0.15) is 11.3 Å². The summed E-state index contributed by atoms with van der Waals surface area (Å²) in [6, 6.07) is -0.374. The number of amides is 1. The number of allylic oxidation sites excluding steroid dienone is 8. The fourth-order valence-corrected chi connectivity index (χ4v) is 7.83. The van der Waals surface area contributed by atoms with Crippen LogP contribution >= 0.6 is 0 Å². The van der Waals surface area contributed by atoms with Crippen molar-refractivity contribution in [2.24, 2.45) is 34.5 Å². The van der Waals surface area contributed by atoms with Crippen molar-refractivity contribution in [3.63, 3.8) is 0 Å². The third kappa shape index (κ3) is 2.67. The van der Waals surface area contributed by atoms with Crippen molar-refractivity contribution < 1.29 is 14.7 Å². The molecule has 0 aromatic carbocycles. The molecular formula is C28H35NO3. The fourth-order valence-electron chi connectivity index (χ4n) is 7.83. The first-order chi connectivity index (χ1) is 15.0. The van der Waals surface area contributed by atoms with Crippen LogP contribution in [0.2, 0.25) is 0 Å². The Kier molecular flexibility index (Phi) is 4.58. The maximum Gasteiger partial charge on any atom is 0.261 e. The number of hydrogen-bond donors (Lipinski definition) is 1. The van der Waals surface area contributed by atoms with Crippen LogP contribution < -0.4 is 0 Å². The summed E-state index contributed by atoms with van der Waals surface area (Å²) < 4.78 is 0. The van der Waals surface area contributed by atoms with E-state index in [-0.39, 0.29) is 45.8 Å². The van der Waals surface area contributed by atoms with Gasteiger partial charge in [0.05, 0.1) is 6.04 Å². The largest absolute Gasteiger partial charge is 0.507 e. The van der Waals surface area contributed by atoms with Gasteiger partial charge in [-0.15, -0.1) is 0 Å². The van der Waals surface area contributed by atoms with Gasteiger partial charge in [-0.3, -0.25) is 9.59 Å². The highest BCUT2D eigenvalue weighted by atomic mass is 16.3. The standard InChI is InChI=1S/C28H35NO3/c1-15-12-27(5)13-17(3)24-22(16(2)14-28(24,6)18(15)4)19(27)9-10-21(30)23-25(31)20-8-7-11-29(20)26(23)32/h9-10,12-14,18-20,22,24,30H,7-8,11H2,1-6H3/b10-9+,15-12-,23-21+/t18-,19+,20?,22+,24+,27+,28-/m0/s1. The van der Waals surface area contributed by atoms with Crippen LogP contribution in [0, 0.1) is 34.5 Å². The number of nitrogens with zero attached hydrogens (tertiary/aromatic N) is 1. The monoisotopic (exact) mass is 433 g/mol. The van der Waals surface area contributed by atoms with E-state index in [1.165, 1.54) is 16.7 Å². The predicted octanol–water partition coefficient (Wildman–Crippen LogP) is 5.31. The van der Waals surface area contributed by atoms with Crippen LogP contribution in [0.15, 0.2) is 58.4 Å². The molecule has 5 rings (SSSR count). The van der Waals surface area contributed by atoms with E-state index in [9.17, 15) is 14.7 Å². The van der Waals surface area contributed by atoms with Crippen LogP contribution in [-0.2, 0) is 9.59 Å². The van der Waals surface area contributed by atoms with Crippen LogP contribution in [0.1, 0.15) is 54.4 Å². The number of rotatable bonds is 2. The summed E-state index contributed by atoms with van der Waals surface area (Å²) in [6.07, 6.45) is 12.6. The molecule has 1 amide bonds. The summed E-state index contributed by atoms with van der Waals surface area (Å²) in [5.41, 5.74) is 4.10. The molecule has 3 aliphatic carbocycles. The molecule has 7 atom stereocenters. The molecule has 4 nitrogen and oxygen atoms in total. The lowest BCUT2D eigenvalue weighted by atomic mass is 9.51. The van der Waals surface area contributed by atoms with E-state index in [0.717, 1.165) is 6.42 Å². The number of Topliss-reactive ketones (excluding diaryl/α,β-unsaturated/α-hetero) is 1. The average molecular weight is 434 g/mol. The zero-order chi connectivity index (χ0) is 23.2. The fraction of sp³-hybridized carbons (Fsp3) is 0.571. The lowest BCUT2D eigenvalue weighted by Crippen LogP contribution is -2.45.